The minimum Gasteiger partial charge on any atom is -0.343 e. The van der Waals surface area contributed by atoms with E-state index < -0.39 is 0 Å². The summed E-state index contributed by atoms with van der Waals surface area (Å²) in [4.78, 5) is 21.6. The van der Waals surface area contributed by atoms with E-state index in [1.54, 1.807) is 0 Å². The maximum atomic E-state index is 12.5. The van der Waals surface area contributed by atoms with Crippen LogP contribution in [0.3, 0.4) is 0 Å². The van der Waals surface area contributed by atoms with E-state index in [-0.39, 0.29) is 12.0 Å². The van der Waals surface area contributed by atoms with Crippen molar-refractivity contribution in [1.29, 1.82) is 0 Å². The molecule has 1 atom stereocenters. The van der Waals surface area contributed by atoms with E-state index in [4.69, 9.17) is 4.98 Å². The van der Waals surface area contributed by atoms with E-state index >= 15 is 0 Å². The van der Waals surface area contributed by atoms with Crippen LogP contribution in [0.5, 0.6) is 0 Å². The summed E-state index contributed by atoms with van der Waals surface area (Å²) in [5, 5.41) is 0.980. The summed E-state index contributed by atoms with van der Waals surface area (Å²) in [6.45, 7) is 4.64. The Kier molecular flexibility index (Phi) is 4.70. The van der Waals surface area contributed by atoms with Crippen molar-refractivity contribution in [2.45, 2.75) is 38.6 Å². The topological polar surface area (TPSA) is 49.3 Å². The Bertz CT molecular complexity index is 728. The highest BCUT2D eigenvalue weighted by Gasteiger charge is 2.35. The number of amides is 1. The van der Waals surface area contributed by atoms with Crippen molar-refractivity contribution in [2.75, 3.05) is 24.5 Å². The number of piperazine rings is 1. The number of hydrogen-bond donors (Lipinski definition) is 0. The fraction of sp³-hybridized carbons (Fsp3) is 0.526. The van der Waals surface area contributed by atoms with E-state index in [0.29, 0.717) is 5.91 Å². The van der Waals surface area contributed by atoms with Gasteiger partial charge in [-0.3, -0.25) is 4.79 Å². The molecule has 2 heterocycles. The number of aromatic nitrogens is 2. The molecule has 1 aliphatic carbocycles. The van der Waals surface area contributed by atoms with Gasteiger partial charge in [0.15, 0.2) is 0 Å². The van der Waals surface area contributed by atoms with Crippen LogP contribution in [0.1, 0.15) is 37.6 Å². The molecule has 132 valence electrons. The molecular formula is C19H24N4OS. The van der Waals surface area contributed by atoms with Gasteiger partial charge in [-0.2, -0.15) is 4.37 Å². The highest BCUT2D eigenvalue weighted by Crippen LogP contribution is 2.30. The molecule has 0 bridgehead atoms. The molecule has 1 amide bonds. The molecule has 2 fully saturated rings. The molecule has 2 aromatic rings. The molecule has 5 nitrogen and oxygen atoms in total. The molecule has 1 saturated carbocycles. The quantitative estimate of drug-likeness (QED) is 0.845. The van der Waals surface area contributed by atoms with Crippen LogP contribution in [0, 0.1) is 5.92 Å². The third-order valence-corrected chi connectivity index (χ3v) is 6.11. The number of anilines is 1. The highest BCUT2D eigenvalue weighted by atomic mass is 32.1. The number of carbonyl (C=O) groups excluding carboxylic acids is 1. The minimum atomic E-state index is 0.239. The lowest BCUT2D eigenvalue weighted by atomic mass is 9.84. The molecule has 1 aliphatic heterocycles. The van der Waals surface area contributed by atoms with Gasteiger partial charge >= 0.3 is 0 Å². The average molecular weight is 356 g/mol. The number of nitrogens with zero attached hydrogens (tertiary/aromatic N) is 4. The van der Waals surface area contributed by atoms with Crippen LogP contribution in [0.25, 0.3) is 0 Å². The monoisotopic (exact) mass is 356 g/mol. The van der Waals surface area contributed by atoms with Gasteiger partial charge in [-0.15, -0.1) is 0 Å². The molecule has 1 aromatic heterocycles. The van der Waals surface area contributed by atoms with Crippen molar-refractivity contribution >= 4 is 22.6 Å². The Labute approximate surface area is 152 Å². The second kappa shape index (κ2) is 7.12. The van der Waals surface area contributed by atoms with Crippen LogP contribution in [0.2, 0.25) is 0 Å². The van der Waals surface area contributed by atoms with Gasteiger partial charge in [-0.05, 0) is 25.3 Å². The third kappa shape index (κ3) is 3.54. The van der Waals surface area contributed by atoms with Crippen molar-refractivity contribution in [2.24, 2.45) is 5.92 Å². The van der Waals surface area contributed by atoms with E-state index in [1.165, 1.54) is 23.5 Å². The molecule has 1 aromatic carbocycles. The fourth-order valence-corrected chi connectivity index (χ4v) is 4.29. The maximum absolute atomic E-state index is 12.5. The summed E-state index contributed by atoms with van der Waals surface area (Å²) >= 11 is 1.47. The Balaban J connectivity index is 1.38. The van der Waals surface area contributed by atoms with Crippen molar-refractivity contribution in [1.82, 2.24) is 14.3 Å². The van der Waals surface area contributed by atoms with Crippen LogP contribution in [0.15, 0.2) is 30.3 Å². The average Bonchev–Trinajstić information content (AvgIpc) is 3.02. The zero-order valence-corrected chi connectivity index (χ0v) is 15.4. The van der Waals surface area contributed by atoms with Gasteiger partial charge in [-0.25, -0.2) is 4.98 Å². The van der Waals surface area contributed by atoms with E-state index in [2.05, 4.69) is 33.2 Å². The second-order valence-corrected chi connectivity index (χ2v) is 7.84. The Morgan fingerprint density at radius 3 is 2.72 bits per heavy atom. The Hall–Kier alpha value is -1.95. The first-order valence-electron chi connectivity index (χ1n) is 9.12. The van der Waals surface area contributed by atoms with Crippen LogP contribution in [-0.2, 0) is 11.2 Å². The largest absolute Gasteiger partial charge is 0.343 e. The van der Waals surface area contributed by atoms with Gasteiger partial charge < -0.3 is 9.80 Å². The first-order chi connectivity index (χ1) is 12.2. The van der Waals surface area contributed by atoms with Crippen molar-refractivity contribution in [3.8, 4) is 0 Å². The lowest BCUT2D eigenvalue weighted by Crippen LogP contribution is -2.56. The Morgan fingerprint density at radius 2 is 2.04 bits per heavy atom. The molecule has 1 saturated heterocycles. The molecule has 2 aliphatic rings. The first-order valence-corrected chi connectivity index (χ1v) is 9.90. The lowest BCUT2D eigenvalue weighted by Gasteiger charge is -2.42. The second-order valence-electron chi connectivity index (χ2n) is 7.11. The number of rotatable bonds is 4. The number of carbonyl (C=O) groups is 1. The standard InChI is InChI=1S/C19H24N4OS/c1-14-13-22(10-11-23(14)18(24)16-8-5-9-16)19-20-17(21-25-19)12-15-6-3-2-4-7-15/h2-4,6-7,14,16H,5,8-13H2,1H3. The summed E-state index contributed by atoms with van der Waals surface area (Å²) in [5.41, 5.74) is 1.23. The van der Waals surface area contributed by atoms with Gasteiger partial charge in [0.1, 0.15) is 5.82 Å². The lowest BCUT2D eigenvalue weighted by molar-refractivity contribution is -0.140. The highest BCUT2D eigenvalue weighted by molar-refractivity contribution is 7.09. The summed E-state index contributed by atoms with van der Waals surface area (Å²) in [5.74, 6) is 1.53. The molecule has 1 unspecified atom stereocenters. The summed E-state index contributed by atoms with van der Waals surface area (Å²) in [6.07, 6.45) is 4.13. The molecule has 0 N–H and O–H groups in total. The first kappa shape index (κ1) is 16.5. The predicted molar refractivity (Wildman–Crippen MR) is 99.9 cm³/mol. The normalized spacial score (nSPS) is 21.2. The van der Waals surface area contributed by atoms with Crippen LogP contribution in [-0.4, -0.2) is 45.8 Å². The van der Waals surface area contributed by atoms with E-state index in [1.807, 2.05) is 18.2 Å². The van der Waals surface area contributed by atoms with Crippen LogP contribution in [0.4, 0.5) is 5.13 Å². The van der Waals surface area contributed by atoms with Gasteiger partial charge in [-0.1, -0.05) is 36.8 Å². The SMILES string of the molecule is CC1CN(c2nc(Cc3ccccc3)ns2)CCN1C(=O)C1CCC1. The van der Waals surface area contributed by atoms with Crippen LogP contribution >= 0.6 is 11.5 Å². The summed E-state index contributed by atoms with van der Waals surface area (Å²) in [7, 11) is 0. The Morgan fingerprint density at radius 1 is 1.24 bits per heavy atom. The van der Waals surface area contributed by atoms with Gasteiger partial charge in [0.2, 0.25) is 11.0 Å². The van der Waals surface area contributed by atoms with Gasteiger partial charge in [0.25, 0.3) is 0 Å². The zero-order valence-electron chi connectivity index (χ0n) is 14.6. The van der Waals surface area contributed by atoms with Gasteiger partial charge in [0, 0.05) is 49.5 Å². The van der Waals surface area contributed by atoms with E-state index in [0.717, 1.165) is 49.9 Å². The number of hydrogen-bond acceptors (Lipinski definition) is 5. The van der Waals surface area contributed by atoms with Crippen molar-refractivity contribution in [3.63, 3.8) is 0 Å². The third-order valence-electron chi connectivity index (χ3n) is 5.30. The van der Waals surface area contributed by atoms with E-state index in [9.17, 15) is 4.79 Å². The zero-order chi connectivity index (χ0) is 17.2. The van der Waals surface area contributed by atoms with Crippen molar-refractivity contribution in [3.05, 3.63) is 41.7 Å². The molecule has 6 heteroatoms. The fourth-order valence-electron chi connectivity index (χ4n) is 3.57. The summed E-state index contributed by atoms with van der Waals surface area (Å²) in [6, 6.07) is 10.6. The minimum absolute atomic E-state index is 0.239. The molecule has 25 heavy (non-hydrogen) atoms. The molecule has 0 radical (unpaired) electrons. The van der Waals surface area contributed by atoms with Crippen LogP contribution < -0.4 is 4.90 Å². The number of benzene rings is 1. The van der Waals surface area contributed by atoms with Gasteiger partial charge in [0.05, 0.1) is 0 Å². The summed E-state index contributed by atoms with van der Waals surface area (Å²) < 4.78 is 4.52. The molecule has 0 spiro atoms. The van der Waals surface area contributed by atoms with Crippen molar-refractivity contribution < 1.29 is 4.79 Å². The smallest absolute Gasteiger partial charge is 0.226 e. The predicted octanol–water partition coefficient (Wildman–Crippen LogP) is 2.97. The molecular weight excluding hydrogens is 332 g/mol. The maximum Gasteiger partial charge on any atom is 0.226 e. The molecule has 4 rings (SSSR count).